The molecule has 0 amide bonds. The minimum absolute atomic E-state index is 0.102. The second-order valence-electron chi connectivity index (χ2n) is 4.10. The predicted octanol–water partition coefficient (Wildman–Crippen LogP) is 2.23. The zero-order chi connectivity index (χ0) is 11.5. The fraction of sp³-hybridized carbons (Fsp3) is 0.545. The SMILES string of the molecule is CCN(CC1CC1)c1ccncc1[N+](=O)[O-]. The molecule has 1 heterocycles. The largest absolute Gasteiger partial charge is 0.366 e. The average molecular weight is 221 g/mol. The van der Waals surface area contributed by atoms with Crippen LogP contribution in [0.5, 0.6) is 0 Å². The first kappa shape index (κ1) is 10.9. The zero-order valence-corrected chi connectivity index (χ0v) is 9.30. The van der Waals surface area contributed by atoms with Crippen molar-refractivity contribution >= 4 is 11.4 Å². The van der Waals surface area contributed by atoms with E-state index in [1.807, 2.05) is 6.92 Å². The topological polar surface area (TPSA) is 59.3 Å². The van der Waals surface area contributed by atoms with Gasteiger partial charge in [0.1, 0.15) is 11.9 Å². The Balaban J connectivity index is 2.24. The Morgan fingerprint density at radius 1 is 1.62 bits per heavy atom. The van der Waals surface area contributed by atoms with Crippen LogP contribution >= 0.6 is 0 Å². The molecule has 0 saturated heterocycles. The Kier molecular flexibility index (Phi) is 3.03. The van der Waals surface area contributed by atoms with Gasteiger partial charge in [0.2, 0.25) is 0 Å². The first-order valence-corrected chi connectivity index (χ1v) is 5.55. The third-order valence-electron chi connectivity index (χ3n) is 2.87. The number of anilines is 1. The van der Waals surface area contributed by atoms with Gasteiger partial charge in [-0.2, -0.15) is 0 Å². The molecule has 0 aliphatic heterocycles. The molecular weight excluding hydrogens is 206 g/mol. The standard InChI is InChI=1S/C11H15N3O2/c1-2-13(8-9-3-4-9)10-5-6-12-7-11(10)14(15)16/h5-7,9H,2-4,8H2,1H3. The molecule has 2 rings (SSSR count). The van der Waals surface area contributed by atoms with Crippen molar-refractivity contribution in [2.24, 2.45) is 5.92 Å². The summed E-state index contributed by atoms with van der Waals surface area (Å²) >= 11 is 0. The van der Waals surface area contributed by atoms with E-state index in [9.17, 15) is 10.1 Å². The van der Waals surface area contributed by atoms with E-state index >= 15 is 0 Å². The van der Waals surface area contributed by atoms with Crippen LogP contribution in [0.1, 0.15) is 19.8 Å². The predicted molar refractivity (Wildman–Crippen MR) is 61.5 cm³/mol. The lowest BCUT2D eigenvalue weighted by Gasteiger charge is -2.22. The minimum atomic E-state index is -0.363. The van der Waals surface area contributed by atoms with E-state index in [2.05, 4.69) is 9.88 Å². The number of nitro groups is 1. The van der Waals surface area contributed by atoms with Gasteiger partial charge in [-0.3, -0.25) is 15.1 Å². The first-order valence-electron chi connectivity index (χ1n) is 5.55. The Morgan fingerprint density at radius 3 is 2.94 bits per heavy atom. The van der Waals surface area contributed by atoms with Crippen LogP contribution in [0.2, 0.25) is 0 Å². The Bertz CT molecular complexity index is 391. The molecule has 1 fully saturated rings. The van der Waals surface area contributed by atoms with Crippen molar-refractivity contribution in [1.29, 1.82) is 0 Å². The molecule has 1 aliphatic carbocycles. The third kappa shape index (κ3) is 2.29. The maximum absolute atomic E-state index is 10.9. The maximum Gasteiger partial charge on any atom is 0.310 e. The monoisotopic (exact) mass is 221 g/mol. The summed E-state index contributed by atoms with van der Waals surface area (Å²) in [4.78, 5) is 16.4. The van der Waals surface area contributed by atoms with Crippen molar-refractivity contribution in [2.45, 2.75) is 19.8 Å². The lowest BCUT2D eigenvalue weighted by molar-refractivity contribution is -0.384. The van der Waals surface area contributed by atoms with Gasteiger partial charge < -0.3 is 4.90 Å². The summed E-state index contributed by atoms with van der Waals surface area (Å²) in [5.41, 5.74) is 0.791. The molecule has 0 aromatic carbocycles. The number of hydrogen-bond acceptors (Lipinski definition) is 4. The second kappa shape index (κ2) is 4.47. The van der Waals surface area contributed by atoms with Crippen LogP contribution < -0.4 is 4.90 Å². The highest BCUT2D eigenvalue weighted by Crippen LogP contribution is 2.33. The fourth-order valence-corrected chi connectivity index (χ4v) is 1.80. The van der Waals surface area contributed by atoms with Gasteiger partial charge in [0, 0.05) is 19.3 Å². The van der Waals surface area contributed by atoms with Crippen molar-refractivity contribution in [3.05, 3.63) is 28.6 Å². The summed E-state index contributed by atoms with van der Waals surface area (Å²) in [5, 5.41) is 10.9. The summed E-state index contributed by atoms with van der Waals surface area (Å²) < 4.78 is 0. The number of aromatic nitrogens is 1. The molecule has 1 saturated carbocycles. The molecule has 0 spiro atoms. The molecule has 86 valence electrons. The lowest BCUT2D eigenvalue weighted by Crippen LogP contribution is -2.26. The summed E-state index contributed by atoms with van der Waals surface area (Å²) in [6.45, 7) is 3.73. The van der Waals surface area contributed by atoms with Crippen molar-refractivity contribution in [2.75, 3.05) is 18.0 Å². The van der Waals surface area contributed by atoms with Gasteiger partial charge in [-0.25, -0.2) is 0 Å². The van der Waals surface area contributed by atoms with Crippen LogP contribution in [0, 0.1) is 16.0 Å². The highest BCUT2D eigenvalue weighted by Gasteiger charge is 2.26. The summed E-state index contributed by atoms with van der Waals surface area (Å²) in [6.07, 6.45) is 5.42. The van der Waals surface area contributed by atoms with Gasteiger partial charge >= 0.3 is 5.69 Å². The first-order chi connectivity index (χ1) is 7.72. The van der Waals surface area contributed by atoms with Crippen molar-refractivity contribution in [1.82, 2.24) is 4.98 Å². The van der Waals surface area contributed by atoms with E-state index in [0.717, 1.165) is 13.1 Å². The summed E-state index contributed by atoms with van der Waals surface area (Å²) in [6, 6.07) is 1.73. The highest BCUT2D eigenvalue weighted by molar-refractivity contribution is 5.61. The molecule has 1 aromatic rings. The molecule has 16 heavy (non-hydrogen) atoms. The van der Waals surface area contributed by atoms with E-state index in [0.29, 0.717) is 11.6 Å². The summed E-state index contributed by atoms with van der Waals surface area (Å²) in [5.74, 6) is 0.715. The molecule has 1 aromatic heterocycles. The van der Waals surface area contributed by atoms with Crippen LogP contribution in [0.4, 0.5) is 11.4 Å². The molecule has 0 bridgehead atoms. The molecule has 1 aliphatic rings. The zero-order valence-electron chi connectivity index (χ0n) is 9.30. The van der Waals surface area contributed by atoms with Crippen LogP contribution in [0.15, 0.2) is 18.5 Å². The number of nitrogens with zero attached hydrogens (tertiary/aromatic N) is 3. The lowest BCUT2D eigenvalue weighted by atomic mass is 10.2. The average Bonchev–Trinajstić information content (AvgIpc) is 3.09. The summed E-state index contributed by atoms with van der Waals surface area (Å²) in [7, 11) is 0. The van der Waals surface area contributed by atoms with Crippen LogP contribution in [-0.2, 0) is 0 Å². The number of hydrogen-bond donors (Lipinski definition) is 0. The quantitative estimate of drug-likeness (QED) is 0.565. The molecule has 0 unspecified atom stereocenters. The molecule has 0 atom stereocenters. The second-order valence-corrected chi connectivity index (χ2v) is 4.10. The number of rotatable bonds is 5. The van der Waals surface area contributed by atoms with E-state index in [1.54, 1.807) is 12.3 Å². The van der Waals surface area contributed by atoms with E-state index < -0.39 is 0 Å². The van der Waals surface area contributed by atoms with Crippen molar-refractivity contribution in [3.63, 3.8) is 0 Å². The van der Waals surface area contributed by atoms with Crippen LogP contribution in [-0.4, -0.2) is 23.0 Å². The normalized spacial score (nSPS) is 14.8. The smallest absolute Gasteiger partial charge is 0.310 e. The van der Waals surface area contributed by atoms with Crippen LogP contribution in [0.3, 0.4) is 0 Å². The molecule has 0 N–H and O–H groups in total. The molecular formula is C11H15N3O2. The number of pyridine rings is 1. The minimum Gasteiger partial charge on any atom is -0.366 e. The van der Waals surface area contributed by atoms with Gasteiger partial charge in [0.25, 0.3) is 0 Å². The Labute approximate surface area is 94.2 Å². The van der Waals surface area contributed by atoms with E-state index in [-0.39, 0.29) is 10.6 Å². The Hall–Kier alpha value is -1.65. The van der Waals surface area contributed by atoms with Gasteiger partial charge in [-0.05, 0) is 31.7 Å². The van der Waals surface area contributed by atoms with Crippen molar-refractivity contribution < 1.29 is 4.92 Å². The van der Waals surface area contributed by atoms with Gasteiger partial charge in [0.05, 0.1) is 4.92 Å². The van der Waals surface area contributed by atoms with Crippen LogP contribution in [0.25, 0.3) is 0 Å². The molecule has 0 radical (unpaired) electrons. The third-order valence-corrected chi connectivity index (χ3v) is 2.87. The highest BCUT2D eigenvalue weighted by atomic mass is 16.6. The van der Waals surface area contributed by atoms with Gasteiger partial charge in [0.15, 0.2) is 0 Å². The molecule has 5 heteroatoms. The van der Waals surface area contributed by atoms with Crippen molar-refractivity contribution in [3.8, 4) is 0 Å². The Morgan fingerprint density at radius 2 is 2.38 bits per heavy atom. The fourth-order valence-electron chi connectivity index (χ4n) is 1.80. The van der Waals surface area contributed by atoms with Gasteiger partial charge in [-0.15, -0.1) is 0 Å². The van der Waals surface area contributed by atoms with Gasteiger partial charge in [-0.1, -0.05) is 0 Å². The van der Waals surface area contributed by atoms with E-state index in [4.69, 9.17) is 0 Å². The molecule has 5 nitrogen and oxygen atoms in total. The maximum atomic E-state index is 10.9. The van der Waals surface area contributed by atoms with E-state index in [1.165, 1.54) is 19.0 Å².